The molecule has 2 aliphatic rings. The average molecular weight is 472 g/mol. The lowest BCUT2D eigenvalue weighted by molar-refractivity contribution is -0.384. The largest absolute Gasteiger partial charge is 0.455 e. The summed E-state index contributed by atoms with van der Waals surface area (Å²) in [6.45, 7) is 1.93. The van der Waals surface area contributed by atoms with E-state index >= 15 is 0 Å². The van der Waals surface area contributed by atoms with Gasteiger partial charge >= 0.3 is 5.97 Å². The van der Waals surface area contributed by atoms with Crippen LogP contribution in [0, 0.1) is 10.1 Å². The van der Waals surface area contributed by atoms with Crippen molar-refractivity contribution in [1.29, 1.82) is 0 Å². The highest BCUT2D eigenvalue weighted by atomic mass is 35.5. The van der Waals surface area contributed by atoms with Crippen molar-refractivity contribution in [2.24, 2.45) is 0 Å². The Morgan fingerprint density at radius 3 is 2.15 bits per heavy atom. The number of rotatable bonds is 6. The number of hydrogen-bond donors (Lipinski definition) is 0. The zero-order chi connectivity index (χ0) is 23.4. The molecule has 0 atom stereocenters. The number of hydrogen-bond acceptors (Lipinski definition) is 6. The van der Waals surface area contributed by atoms with Crippen LogP contribution in [-0.2, 0) is 19.7 Å². The number of nitrogens with zero attached hydrogens (tertiary/aromatic N) is 3. The molecular formula is C24H26ClN3O5. The maximum Gasteiger partial charge on any atom is 0.317 e. The van der Waals surface area contributed by atoms with Crippen molar-refractivity contribution >= 4 is 34.9 Å². The van der Waals surface area contributed by atoms with Gasteiger partial charge in [0.2, 0.25) is 0 Å². The lowest BCUT2D eigenvalue weighted by Crippen LogP contribution is -2.50. The first-order valence-electron chi connectivity index (χ1n) is 11.1. The molecule has 0 unspecified atom stereocenters. The summed E-state index contributed by atoms with van der Waals surface area (Å²) in [6.07, 6.45) is 3.29. The SMILES string of the molecule is O=C(COC(=O)C1(c2ccc(Cl)cc2)CCCC1)N1CCN(c2ccc([N+](=O)[O-])cc2)CC1. The number of non-ortho nitro benzene ring substituents is 1. The van der Waals surface area contributed by atoms with Crippen LogP contribution in [0.1, 0.15) is 31.2 Å². The molecule has 1 aliphatic heterocycles. The standard InChI is InChI=1S/C24H26ClN3O5/c25-19-5-3-18(4-6-19)24(11-1-2-12-24)23(30)33-17-22(29)27-15-13-26(14-16-27)20-7-9-21(10-8-20)28(31)32/h3-10H,1-2,11-17H2. The van der Waals surface area contributed by atoms with Crippen LogP contribution in [0.15, 0.2) is 48.5 Å². The lowest BCUT2D eigenvalue weighted by Gasteiger charge is -2.36. The van der Waals surface area contributed by atoms with Crippen LogP contribution >= 0.6 is 11.6 Å². The molecule has 0 N–H and O–H groups in total. The van der Waals surface area contributed by atoms with Gasteiger partial charge in [0.05, 0.1) is 10.3 Å². The number of carbonyl (C=O) groups excluding carboxylic acids is 2. The molecule has 1 aliphatic carbocycles. The van der Waals surface area contributed by atoms with Gasteiger partial charge < -0.3 is 14.5 Å². The molecule has 1 heterocycles. The molecule has 0 aromatic heterocycles. The van der Waals surface area contributed by atoms with Crippen LogP contribution < -0.4 is 4.90 Å². The first-order chi connectivity index (χ1) is 15.9. The Balaban J connectivity index is 1.31. The molecule has 0 radical (unpaired) electrons. The fraction of sp³-hybridized carbons (Fsp3) is 0.417. The third-order valence-corrected chi connectivity index (χ3v) is 6.88. The average Bonchev–Trinajstić information content (AvgIpc) is 3.34. The quantitative estimate of drug-likeness (QED) is 0.360. The van der Waals surface area contributed by atoms with Crippen molar-refractivity contribution in [3.8, 4) is 0 Å². The van der Waals surface area contributed by atoms with E-state index in [1.807, 2.05) is 12.1 Å². The molecular weight excluding hydrogens is 446 g/mol. The minimum Gasteiger partial charge on any atom is -0.455 e. The summed E-state index contributed by atoms with van der Waals surface area (Å²) in [4.78, 5) is 39.9. The molecule has 174 valence electrons. The highest BCUT2D eigenvalue weighted by molar-refractivity contribution is 6.30. The van der Waals surface area contributed by atoms with E-state index in [9.17, 15) is 19.7 Å². The van der Waals surface area contributed by atoms with E-state index in [0.29, 0.717) is 44.0 Å². The summed E-state index contributed by atoms with van der Waals surface area (Å²) in [6, 6.07) is 13.7. The molecule has 8 nitrogen and oxygen atoms in total. The van der Waals surface area contributed by atoms with E-state index in [1.54, 1.807) is 29.2 Å². The van der Waals surface area contributed by atoms with E-state index in [4.69, 9.17) is 16.3 Å². The zero-order valence-corrected chi connectivity index (χ0v) is 19.0. The molecule has 2 fully saturated rings. The summed E-state index contributed by atoms with van der Waals surface area (Å²) < 4.78 is 5.54. The van der Waals surface area contributed by atoms with Crippen molar-refractivity contribution < 1.29 is 19.2 Å². The Hall–Kier alpha value is -3.13. The van der Waals surface area contributed by atoms with Crippen molar-refractivity contribution in [3.63, 3.8) is 0 Å². The van der Waals surface area contributed by atoms with E-state index in [-0.39, 0.29) is 24.2 Å². The van der Waals surface area contributed by atoms with Gasteiger partial charge in [0.1, 0.15) is 0 Å². The van der Waals surface area contributed by atoms with Gasteiger partial charge in [-0.25, -0.2) is 0 Å². The number of amides is 1. The number of ether oxygens (including phenoxy) is 1. The van der Waals surface area contributed by atoms with Crippen molar-refractivity contribution in [3.05, 3.63) is 69.2 Å². The van der Waals surface area contributed by atoms with Crippen LogP contribution in [0.4, 0.5) is 11.4 Å². The van der Waals surface area contributed by atoms with Crippen LogP contribution in [0.2, 0.25) is 5.02 Å². The number of anilines is 1. The number of benzene rings is 2. The third kappa shape index (κ3) is 4.95. The molecule has 0 spiro atoms. The molecule has 1 saturated carbocycles. The first kappa shape index (κ1) is 23.0. The molecule has 1 saturated heterocycles. The number of nitro groups is 1. The van der Waals surface area contributed by atoms with Gasteiger partial charge in [-0.1, -0.05) is 36.6 Å². The van der Waals surface area contributed by atoms with E-state index in [2.05, 4.69) is 4.90 Å². The Morgan fingerprint density at radius 1 is 0.970 bits per heavy atom. The summed E-state index contributed by atoms with van der Waals surface area (Å²) in [5.41, 5.74) is 1.11. The number of nitro benzene ring substituents is 1. The van der Waals surface area contributed by atoms with Crippen LogP contribution in [-0.4, -0.2) is 54.5 Å². The van der Waals surface area contributed by atoms with Crippen LogP contribution in [0.5, 0.6) is 0 Å². The topological polar surface area (TPSA) is 93.0 Å². The summed E-state index contributed by atoms with van der Waals surface area (Å²) in [7, 11) is 0. The Bertz CT molecular complexity index is 1010. The second-order valence-electron chi connectivity index (χ2n) is 8.51. The third-order valence-electron chi connectivity index (χ3n) is 6.63. The number of carbonyl (C=O) groups is 2. The van der Waals surface area contributed by atoms with E-state index in [1.165, 1.54) is 12.1 Å². The van der Waals surface area contributed by atoms with Gasteiger partial charge in [0.15, 0.2) is 6.61 Å². The minimum absolute atomic E-state index is 0.0491. The van der Waals surface area contributed by atoms with Crippen LogP contribution in [0.25, 0.3) is 0 Å². The van der Waals surface area contributed by atoms with Crippen LogP contribution in [0.3, 0.4) is 0 Å². The van der Waals surface area contributed by atoms with Gasteiger partial charge in [0.25, 0.3) is 11.6 Å². The monoisotopic (exact) mass is 471 g/mol. The fourth-order valence-corrected chi connectivity index (χ4v) is 4.84. The molecule has 33 heavy (non-hydrogen) atoms. The molecule has 2 aromatic carbocycles. The van der Waals surface area contributed by atoms with Gasteiger partial charge in [-0.2, -0.15) is 0 Å². The Morgan fingerprint density at radius 2 is 1.58 bits per heavy atom. The second kappa shape index (κ2) is 9.79. The van der Waals surface area contributed by atoms with Gasteiger partial charge in [-0.15, -0.1) is 0 Å². The zero-order valence-electron chi connectivity index (χ0n) is 18.2. The summed E-state index contributed by atoms with van der Waals surface area (Å²) in [5, 5.41) is 11.4. The normalized spacial score (nSPS) is 17.6. The highest BCUT2D eigenvalue weighted by Gasteiger charge is 2.44. The molecule has 4 rings (SSSR count). The molecule has 2 aromatic rings. The number of halogens is 1. The smallest absolute Gasteiger partial charge is 0.317 e. The maximum atomic E-state index is 13.1. The van der Waals surface area contributed by atoms with Crippen molar-refractivity contribution in [1.82, 2.24) is 4.90 Å². The molecule has 1 amide bonds. The molecule has 0 bridgehead atoms. The lowest BCUT2D eigenvalue weighted by atomic mass is 9.79. The van der Waals surface area contributed by atoms with Crippen molar-refractivity contribution in [2.75, 3.05) is 37.7 Å². The summed E-state index contributed by atoms with van der Waals surface area (Å²) in [5.74, 6) is -0.559. The number of piperazine rings is 1. The predicted molar refractivity (Wildman–Crippen MR) is 124 cm³/mol. The fourth-order valence-electron chi connectivity index (χ4n) is 4.71. The van der Waals surface area contributed by atoms with Gasteiger partial charge in [0, 0.05) is 49.0 Å². The van der Waals surface area contributed by atoms with Crippen molar-refractivity contribution in [2.45, 2.75) is 31.1 Å². The Kier molecular flexibility index (Phi) is 6.83. The van der Waals surface area contributed by atoms with Gasteiger partial charge in [-0.3, -0.25) is 19.7 Å². The number of esters is 1. The second-order valence-corrected chi connectivity index (χ2v) is 8.95. The highest BCUT2D eigenvalue weighted by Crippen LogP contribution is 2.42. The predicted octanol–water partition coefficient (Wildman–Crippen LogP) is 3.95. The summed E-state index contributed by atoms with van der Waals surface area (Å²) >= 11 is 6.00. The van der Waals surface area contributed by atoms with E-state index < -0.39 is 10.3 Å². The van der Waals surface area contributed by atoms with E-state index in [0.717, 1.165) is 24.1 Å². The molecule has 9 heteroatoms. The minimum atomic E-state index is -0.709. The first-order valence-corrected chi connectivity index (χ1v) is 11.5. The Labute approximate surface area is 197 Å². The van der Waals surface area contributed by atoms with Gasteiger partial charge in [-0.05, 0) is 42.7 Å². The maximum absolute atomic E-state index is 13.1.